The van der Waals surface area contributed by atoms with Gasteiger partial charge in [-0.1, -0.05) is 48.0 Å². The van der Waals surface area contributed by atoms with Gasteiger partial charge in [-0.25, -0.2) is 4.79 Å². The highest BCUT2D eigenvalue weighted by molar-refractivity contribution is 6.30. The van der Waals surface area contributed by atoms with Crippen molar-refractivity contribution in [2.75, 3.05) is 14.2 Å². The van der Waals surface area contributed by atoms with Gasteiger partial charge in [-0.05, 0) is 35.2 Å². The van der Waals surface area contributed by atoms with Crippen LogP contribution < -0.4 is 5.32 Å². The van der Waals surface area contributed by atoms with E-state index in [1.807, 2.05) is 42.5 Å². The minimum Gasteiger partial charge on any atom is -0.481 e. The number of esters is 1. The van der Waals surface area contributed by atoms with E-state index < -0.39 is 30.0 Å². The lowest BCUT2D eigenvalue weighted by atomic mass is 9.98. The normalized spacial score (nSPS) is 12.6. The number of aliphatic carboxylic acids is 1. The van der Waals surface area contributed by atoms with Crippen molar-refractivity contribution in [2.24, 2.45) is 0 Å². The number of carboxylic acid groups (broad SMARTS) is 1. The van der Waals surface area contributed by atoms with Gasteiger partial charge in [0.2, 0.25) is 5.91 Å². The van der Waals surface area contributed by atoms with Crippen LogP contribution in [0.15, 0.2) is 48.5 Å². The summed E-state index contributed by atoms with van der Waals surface area (Å²) in [6.07, 6.45) is -1.24. The fraction of sp³-hybridized carbons (Fsp3) is 0.318. The van der Waals surface area contributed by atoms with Crippen molar-refractivity contribution in [3.8, 4) is 11.1 Å². The van der Waals surface area contributed by atoms with Crippen molar-refractivity contribution >= 4 is 29.4 Å². The zero-order chi connectivity index (χ0) is 22.1. The SMILES string of the molecule is COC(=O)[C@H](OC)[C@@H](Cc1ccc(-c2cccc(Cl)c2)cc1)NC(=O)CCC(=O)O. The average Bonchev–Trinajstić information content (AvgIpc) is 2.73. The van der Waals surface area contributed by atoms with Crippen LogP contribution in [0.1, 0.15) is 18.4 Å². The number of hydrogen-bond acceptors (Lipinski definition) is 5. The van der Waals surface area contributed by atoms with Crippen molar-refractivity contribution in [1.29, 1.82) is 0 Å². The summed E-state index contributed by atoms with van der Waals surface area (Å²) in [5.41, 5.74) is 2.80. The van der Waals surface area contributed by atoms with Crippen molar-refractivity contribution < 1.29 is 29.0 Å². The minimum absolute atomic E-state index is 0.197. The number of amides is 1. The van der Waals surface area contributed by atoms with Crippen LogP contribution in [0.3, 0.4) is 0 Å². The summed E-state index contributed by atoms with van der Waals surface area (Å²) in [6.45, 7) is 0. The van der Waals surface area contributed by atoms with E-state index in [2.05, 4.69) is 5.32 Å². The average molecular weight is 434 g/mol. The molecular formula is C22H24ClNO6. The Hall–Kier alpha value is -2.90. The molecular weight excluding hydrogens is 410 g/mol. The van der Waals surface area contributed by atoms with Gasteiger partial charge in [-0.3, -0.25) is 9.59 Å². The quantitative estimate of drug-likeness (QED) is 0.558. The van der Waals surface area contributed by atoms with E-state index in [1.54, 1.807) is 6.07 Å². The molecule has 0 aromatic heterocycles. The first-order valence-corrected chi connectivity index (χ1v) is 9.68. The molecule has 2 N–H and O–H groups in total. The van der Waals surface area contributed by atoms with Gasteiger partial charge in [-0.2, -0.15) is 0 Å². The van der Waals surface area contributed by atoms with Crippen molar-refractivity contribution in [2.45, 2.75) is 31.4 Å². The van der Waals surface area contributed by atoms with Crippen LogP contribution in [-0.2, 0) is 30.3 Å². The Morgan fingerprint density at radius 2 is 1.73 bits per heavy atom. The fourth-order valence-corrected chi connectivity index (χ4v) is 3.22. The molecule has 0 bridgehead atoms. The van der Waals surface area contributed by atoms with E-state index in [0.717, 1.165) is 16.7 Å². The van der Waals surface area contributed by atoms with E-state index in [0.29, 0.717) is 11.4 Å². The summed E-state index contributed by atoms with van der Waals surface area (Å²) in [4.78, 5) is 35.0. The standard InChI is InChI=1S/C22H24ClNO6/c1-29-21(22(28)30-2)18(24-19(25)10-11-20(26)27)12-14-6-8-15(9-7-14)16-4-3-5-17(23)13-16/h3-9,13,18,21H,10-12H2,1-2H3,(H,24,25)(H,26,27)/t18-,21-/m1/s1. The highest BCUT2D eigenvalue weighted by Gasteiger charge is 2.30. The predicted molar refractivity (Wildman–Crippen MR) is 112 cm³/mol. The Bertz CT molecular complexity index is 883. The number of carbonyl (C=O) groups excluding carboxylic acids is 2. The predicted octanol–water partition coefficient (Wildman–Crippen LogP) is 3.09. The van der Waals surface area contributed by atoms with Crippen molar-refractivity contribution in [1.82, 2.24) is 5.32 Å². The smallest absolute Gasteiger partial charge is 0.337 e. The maximum absolute atomic E-state index is 12.2. The second-order valence-corrected chi connectivity index (χ2v) is 7.10. The van der Waals surface area contributed by atoms with Crippen LogP contribution >= 0.6 is 11.6 Å². The Labute approximate surface area is 179 Å². The number of carbonyl (C=O) groups is 3. The lowest BCUT2D eigenvalue weighted by molar-refractivity contribution is -0.154. The molecule has 0 spiro atoms. The fourth-order valence-electron chi connectivity index (χ4n) is 3.03. The molecule has 2 rings (SSSR count). The second-order valence-electron chi connectivity index (χ2n) is 6.66. The number of methoxy groups -OCH3 is 2. The highest BCUT2D eigenvalue weighted by atomic mass is 35.5. The Morgan fingerprint density at radius 3 is 2.30 bits per heavy atom. The Morgan fingerprint density at radius 1 is 1.03 bits per heavy atom. The van der Waals surface area contributed by atoms with Crippen LogP contribution in [0.5, 0.6) is 0 Å². The molecule has 0 unspecified atom stereocenters. The number of nitrogens with one attached hydrogen (secondary N) is 1. The number of rotatable bonds is 10. The number of ether oxygens (including phenoxy) is 2. The Kier molecular flexibility index (Phi) is 8.83. The third-order valence-electron chi connectivity index (χ3n) is 4.53. The first kappa shape index (κ1) is 23.4. The van der Waals surface area contributed by atoms with Crippen LogP contribution in [0.4, 0.5) is 0 Å². The van der Waals surface area contributed by atoms with Crippen molar-refractivity contribution in [3.05, 3.63) is 59.1 Å². The molecule has 0 radical (unpaired) electrons. The molecule has 1 amide bonds. The maximum Gasteiger partial charge on any atom is 0.337 e. The molecule has 2 atom stereocenters. The molecule has 7 nitrogen and oxygen atoms in total. The number of benzene rings is 2. The summed E-state index contributed by atoms with van der Waals surface area (Å²) in [6, 6.07) is 14.4. The van der Waals surface area contributed by atoms with E-state index in [-0.39, 0.29) is 12.8 Å². The van der Waals surface area contributed by atoms with Gasteiger partial charge in [0, 0.05) is 18.6 Å². The van der Waals surface area contributed by atoms with Gasteiger partial charge in [-0.15, -0.1) is 0 Å². The number of halogens is 1. The van der Waals surface area contributed by atoms with E-state index in [9.17, 15) is 14.4 Å². The summed E-state index contributed by atoms with van der Waals surface area (Å²) in [5, 5.41) is 12.1. The third-order valence-corrected chi connectivity index (χ3v) is 4.77. The summed E-state index contributed by atoms with van der Waals surface area (Å²) < 4.78 is 10.0. The molecule has 0 saturated heterocycles. The van der Waals surface area contributed by atoms with E-state index in [1.165, 1.54) is 14.2 Å². The molecule has 0 aliphatic heterocycles. The Balaban J connectivity index is 2.18. The van der Waals surface area contributed by atoms with Crippen LogP contribution in [0.2, 0.25) is 5.02 Å². The second kappa shape index (κ2) is 11.3. The van der Waals surface area contributed by atoms with Gasteiger partial charge < -0.3 is 19.9 Å². The zero-order valence-electron chi connectivity index (χ0n) is 16.8. The maximum atomic E-state index is 12.2. The topological polar surface area (TPSA) is 102 Å². The number of hydrogen-bond donors (Lipinski definition) is 2. The molecule has 0 heterocycles. The van der Waals surface area contributed by atoms with Gasteiger partial charge in [0.25, 0.3) is 0 Å². The molecule has 0 fully saturated rings. The van der Waals surface area contributed by atoms with Crippen molar-refractivity contribution in [3.63, 3.8) is 0 Å². The summed E-state index contributed by atoms with van der Waals surface area (Å²) >= 11 is 6.05. The monoisotopic (exact) mass is 433 g/mol. The molecule has 2 aromatic carbocycles. The van der Waals surface area contributed by atoms with E-state index in [4.69, 9.17) is 26.2 Å². The molecule has 2 aromatic rings. The molecule has 8 heteroatoms. The molecule has 160 valence electrons. The summed E-state index contributed by atoms with van der Waals surface area (Å²) in [7, 11) is 2.58. The number of carboxylic acids is 1. The van der Waals surface area contributed by atoms with Crippen LogP contribution in [0.25, 0.3) is 11.1 Å². The molecule has 30 heavy (non-hydrogen) atoms. The first-order valence-electron chi connectivity index (χ1n) is 9.30. The van der Waals surface area contributed by atoms with Crippen LogP contribution in [-0.4, -0.2) is 49.3 Å². The van der Waals surface area contributed by atoms with E-state index >= 15 is 0 Å². The van der Waals surface area contributed by atoms with Gasteiger partial charge >= 0.3 is 11.9 Å². The lowest BCUT2D eigenvalue weighted by Crippen LogP contribution is -2.49. The third kappa shape index (κ3) is 6.86. The zero-order valence-corrected chi connectivity index (χ0v) is 17.5. The lowest BCUT2D eigenvalue weighted by Gasteiger charge is -2.25. The van der Waals surface area contributed by atoms with Gasteiger partial charge in [0.1, 0.15) is 0 Å². The highest BCUT2D eigenvalue weighted by Crippen LogP contribution is 2.23. The molecule has 0 saturated carbocycles. The molecule has 0 aliphatic rings. The van der Waals surface area contributed by atoms with Gasteiger partial charge in [0.05, 0.1) is 19.6 Å². The molecule has 0 aliphatic carbocycles. The summed E-state index contributed by atoms with van der Waals surface area (Å²) in [5.74, 6) is -2.19. The minimum atomic E-state index is -1.07. The van der Waals surface area contributed by atoms with Crippen LogP contribution in [0, 0.1) is 0 Å². The largest absolute Gasteiger partial charge is 0.481 e. The van der Waals surface area contributed by atoms with Gasteiger partial charge in [0.15, 0.2) is 6.10 Å². The first-order chi connectivity index (χ1) is 14.3.